The Balaban J connectivity index is 1.69. The summed E-state index contributed by atoms with van der Waals surface area (Å²) < 4.78 is 2.04. The van der Waals surface area contributed by atoms with Crippen molar-refractivity contribution in [1.29, 1.82) is 0 Å². The van der Waals surface area contributed by atoms with E-state index in [9.17, 15) is 4.79 Å². The maximum absolute atomic E-state index is 10.7. The number of aromatic amines is 1. The molecule has 4 N–H and O–H groups in total. The molecule has 124 valence electrons. The first-order valence-corrected chi connectivity index (χ1v) is 7.95. The molecule has 0 fully saturated rings. The van der Waals surface area contributed by atoms with Gasteiger partial charge in [-0.05, 0) is 48.0 Å². The van der Waals surface area contributed by atoms with Crippen LogP contribution in [0.2, 0.25) is 0 Å². The van der Waals surface area contributed by atoms with Crippen LogP contribution < -0.4 is 11.1 Å². The zero-order chi connectivity index (χ0) is 17.2. The van der Waals surface area contributed by atoms with Crippen molar-refractivity contribution in [2.45, 2.75) is 6.54 Å². The minimum absolute atomic E-state index is 0.529. The van der Waals surface area contributed by atoms with Crippen LogP contribution in [0.15, 0.2) is 60.9 Å². The standard InChI is InChI=1S/C19H17N5O/c20-10-13-8-9-24(11-13)15-6-4-14(5-7-15)19-22-17-3-1-2-16(21-12-25)18(17)23-19/h1-9,11-12H,10,20H2,(H,21,25)(H,22,23). The number of hydrogen-bond donors (Lipinski definition) is 3. The maximum Gasteiger partial charge on any atom is 0.211 e. The molecule has 2 heterocycles. The number of H-pyrrole nitrogens is 1. The second-order valence-electron chi connectivity index (χ2n) is 5.73. The van der Waals surface area contributed by atoms with Gasteiger partial charge in [0.1, 0.15) is 11.3 Å². The Morgan fingerprint density at radius 3 is 2.72 bits per heavy atom. The van der Waals surface area contributed by atoms with Crippen molar-refractivity contribution in [2.24, 2.45) is 5.73 Å². The lowest BCUT2D eigenvalue weighted by Crippen LogP contribution is -1.94. The minimum Gasteiger partial charge on any atom is -0.338 e. The summed E-state index contributed by atoms with van der Waals surface area (Å²) in [5, 5.41) is 2.68. The Kier molecular flexibility index (Phi) is 3.80. The zero-order valence-corrected chi connectivity index (χ0v) is 13.4. The van der Waals surface area contributed by atoms with E-state index in [2.05, 4.69) is 15.3 Å². The molecule has 0 aliphatic rings. The Hall–Kier alpha value is -3.38. The van der Waals surface area contributed by atoms with E-state index in [1.165, 1.54) is 0 Å². The first kappa shape index (κ1) is 15.2. The number of rotatable bonds is 5. The molecule has 4 rings (SSSR count). The number of fused-ring (bicyclic) bond motifs is 1. The van der Waals surface area contributed by atoms with Crippen molar-refractivity contribution in [2.75, 3.05) is 5.32 Å². The van der Waals surface area contributed by atoms with Crippen molar-refractivity contribution in [3.05, 3.63) is 66.5 Å². The number of para-hydroxylation sites is 1. The van der Waals surface area contributed by atoms with E-state index in [1.807, 2.05) is 65.5 Å². The molecule has 0 radical (unpaired) electrons. The van der Waals surface area contributed by atoms with Crippen LogP contribution in [0.4, 0.5) is 5.69 Å². The molecule has 2 aromatic heterocycles. The van der Waals surface area contributed by atoms with Crippen LogP contribution in [0.25, 0.3) is 28.1 Å². The van der Waals surface area contributed by atoms with Gasteiger partial charge in [-0.3, -0.25) is 4.79 Å². The number of nitrogens with one attached hydrogen (secondary N) is 2. The van der Waals surface area contributed by atoms with Gasteiger partial charge in [0, 0.05) is 30.2 Å². The smallest absolute Gasteiger partial charge is 0.211 e. The molecular weight excluding hydrogens is 314 g/mol. The molecule has 0 aliphatic carbocycles. The summed E-state index contributed by atoms with van der Waals surface area (Å²) in [6.45, 7) is 0.529. The van der Waals surface area contributed by atoms with E-state index in [4.69, 9.17) is 5.73 Å². The van der Waals surface area contributed by atoms with Crippen molar-refractivity contribution in [3.63, 3.8) is 0 Å². The van der Waals surface area contributed by atoms with Crippen LogP contribution >= 0.6 is 0 Å². The van der Waals surface area contributed by atoms with E-state index in [1.54, 1.807) is 0 Å². The molecule has 1 amide bonds. The number of hydrogen-bond acceptors (Lipinski definition) is 3. The fourth-order valence-electron chi connectivity index (χ4n) is 2.86. The quantitative estimate of drug-likeness (QED) is 0.491. The Labute approximate surface area is 144 Å². The van der Waals surface area contributed by atoms with Gasteiger partial charge in [-0.1, -0.05) is 6.07 Å². The van der Waals surface area contributed by atoms with Crippen LogP contribution in [0.1, 0.15) is 5.56 Å². The average molecular weight is 331 g/mol. The summed E-state index contributed by atoms with van der Waals surface area (Å²) in [7, 11) is 0. The summed E-state index contributed by atoms with van der Waals surface area (Å²) in [5.41, 5.74) is 11.1. The lowest BCUT2D eigenvalue weighted by atomic mass is 10.2. The summed E-state index contributed by atoms with van der Waals surface area (Å²) >= 11 is 0. The molecule has 6 heteroatoms. The number of anilines is 1. The monoisotopic (exact) mass is 331 g/mol. The number of amides is 1. The van der Waals surface area contributed by atoms with Gasteiger partial charge >= 0.3 is 0 Å². The Morgan fingerprint density at radius 1 is 1.16 bits per heavy atom. The van der Waals surface area contributed by atoms with Crippen molar-refractivity contribution in [1.82, 2.24) is 14.5 Å². The summed E-state index contributed by atoms with van der Waals surface area (Å²) in [4.78, 5) is 18.6. The SMILES string of the molecule is NCc1ccn(-c2ccc(-c3nc4c(NC=O)cccc4[nH]3)cc2)c1. The number of carbonyl (C=O) groups is 1. The number of nitrogens with zero attached hydrogens (tertiary/aromatic N) is 2. The van der Waals surface area contributed by atoms with Gasteiger partial charge in [0.2, 0.25) is 6.41 Å². The van der Waals surface area contributed by atoms with E-state index >= 15 is 0 Å². The largest absolute Gasteiger partial charge is 0.338 e. The van der Waals surface area contributed by atoms with Crippen molar-refractivity contribution >= 4 is 23.1 Å². The third-order valence-corrected chi connectivity index (χ3v) is 4.16. The Bertz CT molecular complexity index is 1030. The first-order valence-electron chi connectivity index (χ1n) is 7.95. The topological polar surface area (TPSA) is 88.7 Å². The van der Waals surface area contributed by atoms with Gasteiger partial charge in [-0.25, -0.2) is 4.98 Å². The second kappa shape index (κ2) is 6.26. The maximum atomic E-state index is 10.7. The van der Waals surface area contributed by atoms with Crippen LogP contribution in [0.5, 0.6) is 0 Å². The lowest BCUT2D eigenvalue weighted by molar-refractivity contribution is -0.105. The van der Waals surface area contributed by atoms with Gasteiger partial charge in [-0.15, -0.1) is 0 Å². The molecule has 0 saturated carbocycles. The molecule has 0 unspecified atom stereocenters. The summed E-state index contributed by atoms with van der Waals surface area (Å²) in [5.74, 6) is 0.761. The fraction of sp³-hybridized carbons (Fsp3) is 0.0526. The summed E-state index contributed by atoms with van der Waals surface area (Å²) in [6.07, 6.45) is 4.67. The van der Waals surface area contributed by atoms with Gasteiger partial charge in [0.25, 0.3) is 0 Å². The van der Waals surface area contributed by atoms with Crippen LogP contribution in [0.3, 0.4) is 0 Å². The highest BCUT2D eigenvalue weighted by molar-refractivity contribution is 5.94. The Morgan fingerprint density at radius 2 is 2.00 bits per heavy atom. The van der Waals surface area contributed by atoms with E-state index < -0.39 is 0 Å². The van der Waals surface area contributed by atoms with Gasteiger partial charge in [0.05, 0.1) is 11.2 Å². The van der Waals surface area contributed by atoms with Gasteiger partial charge in [-0.2, -0.15) is 0 Å². The molecule has 25 heavy (non-hydrogen) atoms. The molecule has 2 aromatic carbocycles. The van der Waals surface area contributed by atoms with Crippen LogP contribution in [0, 0.1) is 0 Å². The van der Waals surface area contributed by atoms with Gasteiger partial charge < -0.3 is 20.6 Å². The number of aromatic nitrogens is 3. The molecule has 0 bridgehead atoms. The number of benzene rings is 2. The molecular formula is C19H17N5O. The number of nitrogens with two attached hydrogens (primary N) is 1. The van der Waals surface area contributed by atoms with Crippen molar-refractivity contribution < 1.29 is 4.79 Å². The third kappa shape index (κ3) is 2.79. The van der Waals surface area contributed by atoms with E-state index in [0.29, 0.717) is 18.6 Å². The lowest BCUT2D eigenvalue weighted by Gasteiger charge is -2.04. The zero-order valence-electron chi connectivity index (χ0n) is 13.4. The molecule has 4 aromatic rings. The van der Waals surface area contributed by atoms with E-state index in [0.717, 1.165) is 33.7 Å². The first-order chi connectivity index (χ1) is 12.3. The average Bonchev–Trinajstić information content (AvgIpc) is 3.29. The molecule has 0 atom stereocenters. The number of imidazole rings is 1. The van der Waals surface area contributed by atoms with Gasteiger partial charge in [0.15, 0.2) is 0 Å². The normalized spacial score (nSPS) is 10.9. The fourth-order valence-corrected chi connectivity index (χ4v) is 2.86. The number of carbonyl (C=O) groups excluding carboxylic acids is 1. The predicted molar refractivity (Wildman–Crippen MR) is 98.4 cm³/mol. The molecule has 0 aliphatic heterocycles. The highest BCUT2D eigenvalue weighted by Crippen LogP contribution is 2.26. The predicted octanol–water partition coefficient (Wildman–Crippen LogP) is 3.05. The second-order valence-corrected chi connectivity index (χ2v) is 5.73. The van der Waals surface area contributed by atoms with E-state index in [-0.39, 0.29) is 0 Å². The highest BCUT2D eigenvalue weighted by Gasteiger charge is 2.09. The molecule has 0 saturated heterocycles. The van der Waals surface area contributed by atoms with Crippen LogP contribution in [-0.2, 0) is 11.3 Å². The molecule has 0 spiro atoms. The van der Waals surface area contributed by atoms with Crippen LogP contribution in [-0.4, -0.2) is 20.9 Å². The summed E-state index contributed by atoms with van der Waals surface area (Å²) in [6, 6.07) is 15.7. The third-order valence-electron chi connectivity index (χ3n) is 4.16. The molecule has 6 nitrogen and oxygen atoms in total. The highest BCUT2D eigenvalue weighted by atomic mass is 16.1. The van der Waals surface area contributed by atoms with Crippen molar-refractivity contribution in [3.8, 4) is 17.1 Å². The minimum atomic E-state index is 0.529.